The zero-order chi connectivity index (χ0) is 21.0. The summed E-state index contributed by atoms with van der Waals surface area (Å²) in [6.07, 6.45) is 5.10. The van der Waals surface area contributed by atoms with Gasteiger partial charge in [0.05, 0.1) is 16.9 Å². The summed E-state index contributed by atoms with van der Waals surface area (Å²) < 4.78 is 0. The Morgan fingerprint density at radius 1 is 1.21 bits per heavy atom. The number of hydrogen-bond donors (Lipinski definition) is 0. The van der Waals surface area contributed by atoms with Crippen molar-refractivity contribution in [3.05, 3.63) is 83.6 Å². The molecule has 0 aliphatic carbocycles. The van der Waals surface area contributed by atoms with Crippen molar-refractivity contribution in [1.29, 1.82) is 5.26 Å². The topological polar surface area (TPSA) is 74.1 Å². The first-order valence-corrected chi connectivity index (χ1v) is 9.51. The fourth-order valence-electron chi connectivity index (χ4n) is 3.70. The van der Waals surface area contributed by atoms with Crippen molar-refractivity contribution >= 4 is 17.5 Å². The highest BCUT2D eigenvalue weighted by molar-refractivity contribution is 6.08. The molecule has 1 atom stereocenters. The fraction of sp³-hybridized carbons (Fsp3) is 0.250. The lowest BCUT2D eigenvalue weighted by Crippen LogP contribution is -2.44. The summed E-state index contributed by atoms with van der Waals surface area (Å²) in [5, 5.41) is 9.34. The Hall–Kier alpha value is -3.52. The van der Waals surface area contributed by atoms with Crippen molar-refractivity contribution in [3.8, 4) is 6.07 Å². The Labute approximate surface area is 171 Å². The van der Waals surface area contributed by atoms with E-state index in [0.29, 0.717) is 17.9 Å². The molecule has 29 heavy (non-hydrogen) atoms. The molecule has 1 aliphatic heterocycles. The standard InChI is InChI=1S/C24H23N3O2/c1-4-17(16-25)22(28)24(2,3)19-13-15-27(20-12-8-9-14-26-20)23(29)21(19)18-10-6-5-7-11-18/h4-14,21H,15H2,1-3H3/b17-4-/t21-/m1/s1. The largest absolute Gasteiger partial charge is 0.292 e. The van der Waals surface area contributed by atoms with E-state index in [-0.39, 0.29) is 17.3 Å². The van der Waals surface area contributed by atoms with Gasteiger partial charge in [0.15, 0.2) is 5.78 Å². The summed E-state index contributed by atoms with van der Waals surface area (Å²) in [5.74, 6) is -0.465. The van der Waals surface area contributed by atoms with Crippen LogP contribution in [0.15, 0.2) is 78.0 Å². The van der Waals surface area contributed by atoms with Gasteiger partial charge in [0, 0.05) is 12.7 Å². The zero-order valence-corrected chi connectivity index (χ0v) is 16.8. The van der Waals surface area contributed by atoms with E-state index < -0.39 is 11.3 Å². The summed E-state index contributed by atoms with van der Waals surface area (Å²) in [7, 11) is 0. The number of benzene rings is 1. The van der Waals surface area contributed by atoms with Gasteiger partial charge in [0.25, 0.3) is 0 Å². The van der Waals surface area contributed by atoms with E-state index in [1.54, 1.807) is 44.0 Å². The maximum Gasteiger partial charge on any atom is 0.240 e. The Morgan fingerprint density at radius 3 is 2.48 bits per heavy atom. The van der Waals surface area contributed by atoms with E-state index in [2.05, 4.69) is 4.98 Å². The smallest absolute Gasteiger partial charge is 0.240 e. The molecule has 146 valence electrons. The summed E-state index contributed by atoms with van der Waals surface area (Å²) in [5.41, 5.74) is 0.622. The Kier molecular flexibility index (Phi) is 5.74. The minimum absolute atomic E-state index is 0.0994. The van der Waals surface area contributed by atoms with Gasteiger partial charge in [-0.2, -0.15) is 5.26 Å². The molecule has 0 saturated heterocycles. The third kappa shape index (κ3) is 3.74. The minimum Gasteiger partial charge on any atom is -0.292 e. The molecular weight excluding hydrogens is 362 g/mol. The van der Waals surface area contributed by atoms with Gasteiger partial charge >= 0.3 is 0 Å². The van der Waals surface area contributed by atoms with Crippen molar-refractivity contribution in [3.63, 3.8) is 0 Å². The highest BCUT2D eigenvalue weighted by Gasteiger charge is 2.44. The van der Waals surface area contributed by atoms with Crippen molar-refractivity contribution in [2.24, 2.45) is 5.41 Å². The van der Waals surface area contributed by atoms with Gasteiger partial charge in [0.2, 0.25) is 5.91 Å². The molecule has 2 aromatic rings. The average molecular weight is 385 g/mol. The molecule has 1 aromatic carbocycles. The van der Waals surface area contributed by atoms with Gasteiger partial charge in [0.1, 0.15) is 11.9 Å². The SMILES string of the molecule is C/C=C(/C#N)C(=O)C(C)(C)C1=CCN(c2ccccn2)C(=O)[C@@H]1c1ccccc1. The molecule has 0 unspecified atom stereocenters. The van der Waals surface area contributed by atoms with E-state index >= 15 is 0 Å². The number of nitriles is 1. The monoisotopic (exact) mass is 385 g/mol. The van der Waals surface area contributed by atoms with Crippen LogP contribution in [0.5, 0.6) is 0 Å². The van der Waals surface area contributed by atoms with Crippen LogP contribution in [-0.2, 0) is 9.59 Å². The fourth-order valence-corrected chi connectivity index (χ4v) is 3.70. The Bertz CT molecular complexity index is 1020. The number of pyridine rings is 1. The lowest BCUT2D eigenvalue weighted by atomic mass is 9.69. The van der Waals surface area contributed by atoms with Gasteiger partial charge in [-0.3, -0.25) is 14.5 Å². The first-order chi connectivity index (χ1) is 13.9. The summed E-state index contributed by atoms with van der Waals surface area (Å²) in [6, 6.07) is 16.8. The minimum atomic E-state index is -0.996. The number of allylic oxidation sites excluding steroid dienone is 2. The number of carbonyl (C=O) groups excluding carboxylic acids is 2. The number of rotatable bonds is 5. The molecule has 0 bridgehead atoms. The molecule has 1 aromatic heterocycles. The van der Waals surface area contributed by atoms with Crippen LogP contribution in [0, 0.1) is 16.7 Å². The zero-order valence-electron chi connectivity index (χ0n) is 16.8. The van der Waals surface area contributed by atoms with Gasteiger partial charge in [-0.05, 0) is 44.0 Å². The highest BCUT2D eigenvalue weighted by atomic mass is 16.2. The van der Waals surface area contributed by atoms with Gasteiger partial charge in [-0.25, -0.2) is 4.98 Å². The predicted molar refractivity (Wildman–Crippen MR) is 112 cm³/mol. The maximum absolute atomic E-state index is 13.6. The van der Waals surface area contributed by atoms with Gasteiger partial charge in [-0.1, -0.05) is 48.6 Å². The normalized spacial score (nSPS) is 17.5. The molecule has 0 saturated carbocycles. The number of carbonyl (C=O) groups is 2. The first kappa shape index (κ1) is 20.2. The van der Waals surface area contributed by atoms with Crippen LogP contribution in [0.1, 0.15) is 32.3 Å². The molecule has 0 spiro atoms. The number of nitrogens with zero attached hydrogens (tertiary/aromatic N) is 3. The third-order valence-corrected chi connectivity index (χ3v) is 5.32. The number of ketones is 1. The lowest BCUT2D eigenvalue weighted by molar-refractivity contribution is -0.122. The number of anilines is 1. The predicted octanol–water partition coefficient (Wildman–Crippen LogP) is 4.20. The number of Topliss-reactive ketones (excluding diaryl/α,β-unsaturated/α-hetero) is 1. The van der Waals surface area contributed by atoms with Crippen LogP contribution in [0.3, 0.4) is 0 Å². The van der Waals surface area contributed by atoms with E-state index in [0.717, 1.165) is 5.56 Å². The van der Waals surface area contributed by atoms with Crippen molar-refractivity contribution in [2.45, 2.75) is 26.7 Å². The van der Waals surface area contributed by atoms with Crippen molar-refractivity contribution in [2.75, 3.05) is 11.4 Å². The molecule has 1 aliphatic rings. The van der Waals surface area contributed by atoms with E-state index in [1.807, 2.05) is 48.5 Å². The van der Waals surface area contributed by atoms with Crippen LogP contribution < -0.4 is 4.90 Å². The lowest BCUT2D eigenvalue weighted by Gasteiger charge is -2.38. The van der Waals surface area contributed by atoms with Crippen LogP contribution in [0.25, 0.3) is 0 Å². The number of aromatic nitrogens is 1. The van der Waals surface area contributed by atoms with Crippen LogP contribution in [0.4, 0.5) is 5.82 Å². The number of amides is 1. The van der Waals surface area contributed by atoms with Crippen LogP contribution in [-0.4, -0.2) is 23.2 Å². The molecule has 3 rings (SSSR count). The summed E-state index contributed by atoms with van der Waals surface area (Å²) in [6.45, 7) is 5.55. The van der Waals surface area contributed by atoms with E-state index in [4.69, 9.17) is 0 Å². The highest BCUT2D eigenvalue weighted by Crippen LogP contribution is 2.43. The first-order valence-electron chi connectivity index (χ1n) is 9.51. The van der Waals surface area contributed by atoms with Crippen LogP contribution >= 0.6 is 0 Å². The quantitative estimate of drug-likeness (QED) is 0.439. The Balaban J connectivity index is 2.12. The summed E-state index contributed by atoms with van der Waals surface area (Å²) in [4.78, 5) is 32.6. The molecule has 0 N–H and O–H groups in total. The van der Waals surface area contributed by atoms with Crippen molar-refractivity contribution < 1.29 is 9.59 Å². The van der Waals surface area contributed by atoms with Crippen LogP contribution in [0.2, 0.25) is 0 Å². The molecule has 1 amide bonds. The van der Waals surface area contributed by atoms with Gasteiger partial charge < -0.3 is 0 Å². The second-order valence-electron chi connectivity index (χ2n) is 7.41. The molecule has 5 heteroatoms. The van der Waals surface area contributed by atoms with E-state index in [9.17, 15) is 14.9 Å². The third-order valence-electron chi connectivity index (χ3n) is 5.32. The Morgan fingerprint density at radius 2 is 1.90 bits per heavy atom. The van der Waals surface area contributed by atoms with E-state index in [1.165, 1.54) is 6.08 Å². The summed E-state index contributed by atoms with van der Waals surface area (Å²) >= 11 is 0. The molecule has 5 nitrogen and oxygen atoms in total. The van der Waals surface area contributed by atoms with Crippen molar-refractivity contribution in [1.82, 2.24) is 4.98 Å². The second-order valence-corrected chi connectivity index (χ2v) is 7.41. The molecule has 0 radical (unpaired) electrons. The second kappa shape index (κ2) is 8.24. The molecule has 2 heterocycles. The van der Waals surface area contributed by atoms with Gasteiger partial charge in [-0.15, -0.1) is 0 Å². The maximum atomic E-state index is 13.6. The molecular formula is C24H23N3O2. The number of hydrogen-bond acceptors (Lipinski definition) is 4. The average Bonchev–Trinajstić information content (AvgIpc) is 2.75. The molecule has 0 fully saturated rings.